The molecule has 0 aliphatic heterocycles. The van der Waals surface area contributed by atoms with Gasteiger partial charge in [0.2, 0.25) is 0 Å². The van der Waals surface area contributed by atoms with Crippen molar-refractivity contribution < 1.29 is 18.8 Å². The first-order valence-electron chi connectivity index (χ1n) is 10.8. The fourth-order valence-corrected chi connectivity index (χ4v) is 5.75. The number of phenolic OH excluding ortho intramolecular Hbond substituents is 1. The molecule has 3 aromatic heterocycles. The maximum atomic E-state index is 13.4. The quantitative estimate of drug-likeness (QED) is 0.196. The van der Waals surface area contributed by atoms with Gasteiger partial charge in [0.25, 0.3) is 0 Å². The highest BCUT2D eigenvalue weighted by molar-refractivity contribution is 9.10. The second kappa shape index (κ2) is 9.47. The molecule has 34 heavy (non-hydrogen) atoms. The monoisotopic (exact) mass is 560 g/mol. The van der Waals surface area contributed by atoms with E-state index in [0.29, 0.717) is 55.8 Å². The zero-order valence-electron chi connectivity index (χ0n) is 18.2. The van der Waals surface area contributed by atoms with Crippen molar-refractivity contribution in [2.75, 3.05) is 6.61 Å². The number of fused-ring (bicyclic) bond motifs is 1. The molecule has 0 amide bonds. The largest absolute Gasteiger partial charge is 0.506 e. The molecule has 11 heteroatoms. The van der Waals surface area contributed by atoms with E-state index in [-0.39, 0.29) is 18.4 Å². The molecule has 4 aromatic rings. The van der Waals surface area contributed by atoms with Crippen molar-refractivity contribution in [3.8, 4) is 5.75 Å². The van der Waals surface area contributed by atoms with Crippen LogP contribution in [0.3, 0.4) is 0 Å². The molecule has 0 radical (unpaired) electrons. The van der Waals surface area contributed by atoms with Crippen molar-refractivity contribution in [2.45, 2.75) is 38.8 Å². The van der Waals surface area contributed by atoms with E-state index < -0.39 is 5.97 Å². The van der Waals surface area contributed by atoms with Crippen molar-refractivity contribution in [3.05, 3.63) is 62.7 Å². The zero-order valence-corrected chi connectivity index (χ0v) is 21.5. The summed E-state index contributed by atoms with van der Waals surface area (Å²) in [5.74, 6) is -0.470. The Morgan fingerprint density at radius 1 is 1.41 bits per heavy atom. The minimum absolute atomic E-state index is 0.0436. The Morgan fingerprint density at radius 2 is 2.24 bits per heavy atom. The molecule has 0 bridgehead atoms. The first-order valence-corrected chi connectivity index (χ1v) is 13.2. The van der Waals surface area contributed by atoms with E-state index in [9.17, 15) is 14.1 Å². The summed E-state index contributed by atoms with van der Waals surface area (Å²) >= 11 is 5.33. The van der Waals surface area contributed by atoms with Crippen molar-refractivity contribution in [2.24, 2.45) is 0 Å². The molecule has 0 atom stereocenters. The van der Waals surface area contributed by atoms with Gasteiger partial charge < -0.3 is 19.0 Å². The average Bonchev–Trinajstić information content (AvgIpc) is 3.20. The number of benzene rings is 1. The summed E-state index contributed by atoms with van der Waals surface area (Å²) < 4.78 is 22.4. The molecule has 1 N–H and O–H groups in total. The fraction of sp³-hybridized carbons (Fsp3) is 0.304. The molecular weight excluding hydrogens is 540 g/mol. The smallest absolute Gasteiger partial charge is 0.341 e. The van der Waals surface area contributed by atoms with Gasteiger partial charge in [-0.1, -0.05) is 0 Å². The van der Waals surface area contributed by atoms with Crippen LogP contribution in [0.1, 0.15) is 53.1 Å². The molecule has 0 unspecified atom stereocenters. The van der Waals surface area contributed by atoms with Crippen LogP contribution in [0.25, 0.3) is 10.9 Å². The number of hydrogen-bond acceptors (Lipinski definition) is 7. The van der Waals surface area contributed by atoms with Gasteiger partial charge in [-0.2, -0.15) is 0 Å². The Balaban J connectivity index is 1.84. The van der Waals surface area contributed by atoms with Crippen molar-refractivity contribution in [3.63, 3.8) is 0 Å². The van der Waals surface area contributed by atoms with Crippen molar-refractivity contribution >= 4 is 60.3 Å². The van der Waals surface area contributed by atoms with Crippen LogP contribution in [0.4, 0.5) is 0 Å². The van der Waals surface area contributed by atoms with Crippen LogP contribution in [0, 0.1) is 0 Å². The van der Waals surface area contributed by atoms with Gasteiger partial charge in [-0.3, -0.25) is 0 Å². The summed E-state index contributed by atoms with van der Waals surface area (Å²) in [4.78, 5) is 22.4. The molecule has 1 fully saturated rings. The Morgan fingerprint density at radius 3 is 2.85 bits per heavy atom. The van der Waals surface area contributed by atoms with E-state index in [1.807, 2.05) is 16.0 Å². The molecule has 3 heterocycles. The van der Waals surface area contributed by atoms with Crippen LogP contribution in [-0.2, 0) is 29.0 Å². The van der Waals surface area contributed by atoms with Gasteiger partial charge >= 0.3 is 5.97 Å². The number of aromatic nitrogens is 4. The molecule has 8 nitrogen and oxygen atoms in total. The topological polar surface area (TPSA) is 99.2 Å². The molecule has 0 spiro atoms. The van der Waals surface area contributed by atoms with E-state index in [0.717, 1.165) is 24.1 Å². The Hall–Kier alpha value is -2.76. The highest BCUT2D eigenvalue weighted by atomic mass is 79.9. The van der Waals surface area contributed by atoms with Crippen molar-refractivity contribution in [1.82, 2.24) is 19.1 Å². The number of thiazole rings is 1. The number of esters is 1. The average molecular weight is 561 g/mol. The van der Waals surface area contributed by atoms with Gasteiger partial charge in [0.15, 0.2) is 0 Å². The molecule has 1 aliphatic carbocycles. The van der Waals surface area contributed by atoms with E-state index in [2.05, 4.69) is 30.5 Å². The SMILES string of the molecule is CCOC(=O)c1c(C(Cc2cscn2)=S=O)n(C2CC2)c2cc(Br)c(O)c(Cn3ccnc3)c12. The lowest BCUT2D eigenvalue weighted by molar-refractivity contribution is 0.0528. The predicted octanol–water partition coefficient (Wildman–Crippen LogP) is 4.30. The Kier molecular flexibility index (Phi) is 6.41. The van der Waals surface area contributed by atoms with Crippen LogP contribution < -0.4 is 0 Å². The van der Waals surface area contributed by atoms with E-state index in [4.69, 9.17) is 4.74 Å². The van der Waals surface area contributed by atoms with Crippen LogP contribution in [0.15, 0.2) is 40.2 Å². The summed E-state index contributed by atoms with van der Waals surface area (Å²) in [5, 5.41) is 13.6. The maximum Gasteiger partial charge on any atom is 0.341 e. The highest BCUT2D eigenvalue weighted by Gasteiger charge is 2.36. The summed E-state index contributed by atoms with van der Waals surface area (Å²) in [7, 11) is 0. The summed E-state index contributed by atoms with van der Waals surface area (Å²) in [6.07, 6.45) is 7.32. The fourth-order valence-electron chi connectivity index (χ4n) is 4.25. The molecule has 176 valence electrons. The van der Waals surface area contributed by atoms with Gasteiger partial charge in [0, 0.05) is 41.2 Å². The number of aromatic hydroxyl groups is 1. The second-order valence-corrected chi connectivity index (χ2v) is 10.3. The number of halogens is 1. The third-order valence-electron chi connectivity index (χ3n) is 5.80. The number of ether oxygens (including phenoxy) is 1. The first kappa shape index (κ1) is 23.0. The number of hydrogen-bond donors (Lipinski definition) is 1. The van der Waals surface area contributed by atoms with E-state index in [1.54, 1.807) is 31.2 Å². The molecule has 0 saturated heterocycles. The molecule has 5 rings (SSSR count). The van der Waals surface area contributed by atoms with Crippen molar-refractivity contribution in [1.29, 1.82) is 0 Å². The normalized spacial score (nSPS) is 13.4. The molecule has 1 aromatic carbocycles. The number of carbonyl (C=O) groups is 1. The van der Waals surface area contributed by atoms with Gasteiger partial charge in [-0.25, -0.2) is 19.0 Å². The maximum absolute atomic E-state index is 13.4. The number of carbonyl (C=O) groups excluding carboxylic acids is 1. The minimum atomic E-state index is -0.514. The number of imidazole rings is 1. The number of phenols is 1. The summed E-state index contributed by atoms with van der Waals surface area (Å²) in [5.41, 5.74) is 4.72. The standard InChI is InChI=1S/C23H21BrN4O4S2/c1-2-32-23(30)20-19-15(9-27-6-5-25-11-27)22(29)16(24)8-17(19)28(14-3-4-14)21(20)18(34-31)7-13-10-33-12-26-13/h5-6,8,10-12,14,29H,2-4,7,9H2,1H3. The van der Waals surface area contributed by atoms with Crippen LogP contribution >= 0.6 is 27.3 Å². The van der Waals surface area contributed by atoms with E-state index in [1.165, 1.54) is 11.3 Å². The second-order valence-electron chi connectivity index (χ2n) is 8.02. The number of nitrogens with zero attached hydrogens (tertiary/aromatic N) is 4. The van der Waals surface area contributed by atoms with Crippen LogP contribution in [-0.4, -0.2) is 45.9 Å². The van der Waals surface area contributed by atoms with Gasteiger partial charge in [-0.05, 0) is 41.8 Å². The lowest BCUT2D eigenvalue weighted by Gasteiger charge is -2.12. The first-order chi connectivity index (χ1) is 16.5. The summed E-state index contributed by atoms with van der Waals surface area (Å²) in [6, 6.07) is 1.98. The summed E-state index contributed by atoms with van der Waals surface area (Å²) in [6.45, 7) is 2.24. The third-order valence-corrected chi connectivity index (χ3v) is 7.58. The van der Waals surface area contributed by atoms with Crippen LogP contribution in [0.2, 0.25) is 0 Å². The number of rotatable bonds is 8. The van der Waals surface area contributed by atoms with Gasteiger partial charge in [0.1, 0.15) is 5.75 Å². The molecular formula is C23H21BrN4O4S2. The van der Waals surface area contributed by atoms with Gasteiger partial charge in [-0.15, -0.1) is 11.3 Å². The molecule has 1 saturated carbocycles. The van der Waals surface area contributed by atoms with E-state index >= 15 is 0 Å². The zero-order chi connectivity index (χ0) is 23.8. The Labute approximate surface area is 211 Å². The van der Waals surface area contributed by atoms with Gasteiger partial charge in [0.05, 0.1) is 68.1 Å². The lowest BCUT2D eigenvalue weighted by atomic mass is 10.0. The van der Waals surface area contributed by atoms with Crippen LogP contribution in [0.5, 0.6) is 5.75 Å². The molecule has 1 aliphatic rings. The third kappa shape index (κ3) is 4.12. The highest BCUT2D eigenvalue weighted by Crippen LogP contribution is 2.46. The lowest BCUT2D eigenvalue weighted by Crippen LogP contribution is -2.17. The Bertz CT molecular complexity index is 1420. The minimum Gasteiger partial charge on any atom is -0.506 e. The predicted molar refractivity (Wildman–Crippen MR) is 135 cm³/mol.